The highest BCUT2D eigenvalue weighted by molar-refractivity contribution is 6.30. The average molecular weight is 193 g/mol. The van der Waals surface area contributed by atoms with E-state index in [9.17, 15) is 0 Å². The summed E-state index contributed by atoms with van der Waals surface area (Å²) in [7, 11) is 0. The molecular weight excluding hydrogens is 188 g/mol. The minimum Gasteiger partial charge on any atom is -0.221 e. The Bertz CT molecular complexity index is 482. The number of halogens is 1. The summed E-state index contributed by atoms with van der Waals surface area (Å²) in [5.74, 6) is 0.518. The standard InChI is InChI=1S/C8H5ClN4/c9-6-2-4-13-8(5-6)11-7(12-13)1-3-10/h2,4-5H,1H2. The van der Waals surface area contributed by atoms with E-state index in [1.54, 1.807) is 22.8 Å². The van der Waals surface area contributed by atoms with Crippen LogP contribution in [0.5, 0.6) is 0 Å². The molecule has 13 heavy (non-hydrogen) atoms. The smallest absolute Gasteiger partial charge is 0.165 e. The summed E-state index contributed by atoms with van der Waals surface area (Å²) < 4.78 is 1.60. The van der Waals surface area contributed by atoms with E-state index in [1.807, 2.05) is 6.07 Å². The molecule has 5 heteroatoms. The largest absolute Gasteiger partial charge is 0.221 e. The number of aromatic nitrogens is 3. The van der Waals surface area contributed by atoms with E-state index in [0.29, 0.717) is 16.5 Å². The molecule has 2 rings (SSSR count). The topological polar surface area (TPSA) is 54.0 Å². The molecule has 0 aliphatic rings. The summed E-state index contributed by atoms with van der Waals surface area (Å²) in [6.45, 7) is 0. The van der Waals surface area contributed by atoms with Crippen molar-refractivity contribution in [3.8, 4) is 6.07 Å². The highest BCUT2D eigenvalue weighted by Gasteiger charge is 2.02. The average Bonchev–Trinajstić information content (AvgIpc) is 2.46. The Kier molecular flexibility index (Phi) is 1.87. The van der Waals surface area contributed by atoms with Gasteiger partial charge in [-0.05, 0) is 6.07 Å². The molecule has 2 aromatic rings. The Hall–Kier alpha value is -1.60. The Balaban J connectivity index is 2.57. The van der Waals surface area contributed by atoms with Gasteiger partial charge in [-0.3, -0.25) is 0 Å². The van der Waals surface area contributed by atoms with Gasteiger partial charge >= 0.3 is 0 Å². The molecule has 2 aromatic heterocycles. The van der Waals surface area contributed by atoms with Crippen LogP contribution in [0.25, 0.3) is 5.65 Å². The number of fused-ring (bicyclic) bond motifs is 1. The minimum absolute atomic E-state index is 0.222. The van der Waals surface area contributed by atoms with Crippen molar-refractivity contribution in [3.05, 3.63) is 29.2 Å². The van der Waals surface area contributed by atoms with E-state index in [2.05, 4.69) is 10.1 Å². The first-order chi connectivity index (χ1) is 6.29. The molecule has 0 aliphatic heterocycles. The lowest BCUT2D eigenvalue weighted by molar-refractivity contribution is 0.911. The first-order valence-electron chi connectivity index (χ1n) is 3.67. The second-order valence-electron chi connectivity index (χ2n) is 2.51. The molecule has 0 saturated carbocycles. The fraction of sp³-hybridized carbons (Fsp3) is 0.125. The lowest BCUT2D eigenvalue weighted by atomic mass is 10.4. The summed E-state index contributed by atoms with van der Waals surface area (Å²) in [5.41, 5.74) is 0.665. The maximum Gasteiger partial charge on any atom is 0.165 e. The number of nitriles is 1. The van der Waals surface area contributed by atoms with Crippen LogP contribution in [0.2, 0.25) is 5.02 Å². The van der Waals surface area contributed by atoms with E-state index in [0.717, 1.165) is 0 Å². The molecule has 0 aliphatic carbocycles. The lowest BCUT2D eigenvalue weighted by Crippen LogP contribution is -1.87. The monoisotopic (exact) mass is 192 g/mol. The molecule has 0 unspecified atom stereocenters. The zero-order valence-corrected chi connectivity index (χ0v) is 7.36. The molecular formula is C8H5ClN4. The summed E-state index contributed by atoms with van der Waals surface area (Å²) in [5, 5.41) is 13.1. The fourth-order valence-corrected chi connectivity index (χ4v) is 1.20. The molecule has 0 amide bonds. The van der Waals surface area contributed by atoms with Crippen molar-refractivity contribution in [2.24, 2.45) is 0 Å². The number of nitrogens with zero attached hydrogens (tertiary/aromatic N) is 4. The molecule has 0 atom stereocenters. The first kappa shape index (κ1) is 8.02. The van der Waals surface area contributed by atoms with Gasteiger partial charge in [0.2, 0.25) is 0 Å². The quantitative estimate of drug-likeness (QED) is 0.687. The number of hydrogen-bond acceptors (Lipinski definition) is 3. The van der Waals surface area contributed by atoms with Gasteiger partial charge in [-0.2, -0.15) is 10.4 Å². The van der Waals surface area contributed by atoms with Gasteiger partial charge in [0.15, 0.2) is 11.5 Å². The van der Waals surface area contributed by atoms with Crippen molar-refractivity contribution in [1.29, 1.82) is 5.26 Å². The van der Waals surface area contributed by atoms with Crippen LogP contribution in [0.1, 0.15) is 5.82 Å². The fourth-order valence-electron chi connectivity index (χ4n) is 1.05. The molecule has 0 radical (unpaired) electrons. The van der Waals surface area contributed by atoms with Gasteiger partial charge in [0, 0.05) is 17.3 Å². The van der Waals surface area contributed by atoms with E-state index in [1.165, 1.54) is 0 Å². The Morgan fingerprint density at radius 1 is 1.62 bits per heavy atom. The van der Waals surface area contributed by atoms with Crippen molar-refractivity contribution in [1.82, 2.24) is 14.6 Å². The van der Waals surface area contributed by atoms with Gasteiger partial charge in [-0.25, -0.2) is 9.50 Å². The number of rotatable bonds is 1. The van der Waals surface area contributed by atoms with E-state index in [4.69, 9.17) is 16.9 Å². The van der Waals surface area contributed by atoms with Crippen LogP contribution in [0.4, 0.5) is 0 Å². The van der Waals surface area contributed by atoms with Gasteiger partial charge in [0.1, 0.15) is 0 Å². The van der Waals surface area contributed by atoms with Crippen molar-refractivity contribution >= 4 is 17.2 Å². The van der Waals surface area contributed by atoms with Gasteiger partial charge in [-0.15, -0.1) is 0 Å². The second kappa shape index (κ2) is 3.04. The van der Waals surface area contributed by atoms with Crippen molar-refractivity contribution in [3.63, 3.8) is 0 Å². The van der Waals surface area contributed by atoms with Crippen LogP contribution in [0.3, 0.4) is 0 Å². The molecule has 0 spiro atoms. The van der Waals surface area contributed by atoms with Gasteiger partial charge in [0.25, 0.3) is 0 Å². The summed E-state index contributed by atoms with van der Waals surface area (Å²) in [6, 6.07) is 5.41. The highest BCUT2D eigenvalue weighted by Crippen LogP contribution is 2.10. The molecule has 4 nitrogen and oxygen atoms in total. The molecule has 64 valence electrons. The Morgan fingerprint density at radius 3 is 3.23 bits per heavy atom. The third-order valence-electron chi connectivity index (χ3n) is 1.58. The maximum absolute atomic E-state index is 8.43. The van der Waals surface area contributed by atoms with Gasteiger partial charge < -0.3 is 0 Å². The highest BCUT2D eigenvalue weighted by atomic mass is 35.5. The third-order valence-corrected chi connectivity index (χ3v) is 1.82. The van der Waals surface area contributed by atoms with E-state index in [-0.39, 0.29) is 6.42 Å². The van der Waals surface area contributed by atoms with Crippen LogP contribution in [0, 0.1) is 11.3 Å². The lowest BCUT2D eigenvalue weighted by Gasteiger charge is -1.89. The summed E-state index contributed by atoms with van der Waals surface area (Å²) in [6.07, 6.45) is 1.94. The Labute approximate surface area is 79.4 Å². The van der Waals surface area contributed by atoms with Crippen LogP contribution in [0.15, 0.2) is 18.3 Å². The maximum atomic E-state index is 8.43. The SMILES string of the molecule is N#CCc1nc2cc(Cl)ccn2n1. The zero-order chi connectivity index (χ0) is 9.26. The van der Waals surface area contributed by atoms with E-state index < -0.39 is 0 Å². The molecule has 0 saturated heterocycles. The van der Waals surface area contributed by atoms with Gasteiger partial charge in [-0.1, -0.05) is 11.6 Å². The first-order valence-corrected chi connectivity index (χ1v) is 4.05. The van der Waals surface area contributed by atoms with Crippen molar-refractivity contribution in [2.45, 2.75) is 6.42 Å². The number of hydrogen-bond donors (Lipinski definition) is 0. The Morgan fingerprint density at radius 2 is 2.46 bits per heavy atom. The minimum atomic E-state index is 0.222. The molecule has 0 aromatic carbocycles. The van der Waals surface area contributed by atoms with Crippen molar-refractivity contribution < 1.29 is 0 Å². The van der Waals surface area contributed by atoms with Gasteiger partial charge in [0.05, 0.1) is 12.5 Å². The molecule has 0 N–H and O–H groups in total. The predicted octanol–water partition coefficient (Wildman–Crippen LogP) is 1.45. The molecule has 0 bridgehead atoms. The molecule has 2 heterocycles. The van der Waals surface area contributed by atoms with Crippen LogP contribution >= 0.6 is 11.6 Å². The van der Waals surface area contributed by atoms with Crippen LogP contribution in [-0.4, -0.2) is 14.6 Å². The molecule has 0 fully saturated rings. The second-order valence-corrected chi connectivity index (χ2v) is 2.95. The summed E-state index contributed by atoms with van der Waals surface area (Å²) in [4.78, 5) is 4.11. The number of pyridine rings is 1. The zero-order valence-electron chi connectivity index (χ0n) is 6.61. The summed E-state index contributed by atoms with van der Waals surface area (Å²) >= 11 is 5.76. The predicted molar refractivity (Wildman–Crippen MR) is 47.3 cm³/mol. The normalized spacial score (nSPS) is 10.2. The van der Waals surface area contributed by atoms with E-state index >= 15 is 0 Å². The van der Waals surface area contributed by atoms with Crippen molar-refractivity contribution in [2.75, 3.05) is 0 Å². The van der Waals surface area contributed by atoms with Crippen LogP contribution in [-0.2, 0) is 6.42 Å². The third kappa shape index (κ3) is 1.46. The van der Waals surface area contributed by atoms with Crippen LogP contribution < -0.4 is 0 Å².